The van der Waals surface area contributed by atoms with Gasteiger partial charge in [-0.15, -0.1) is 0 Å². The number of thioether (sulfide) groups is 2. The Morgan fingerprint density at radius 1 is 1.26 bits per heavy atom. The number of hydrogen-bond acceptors (Lipinski definition) is 3. The molecule has 0 spiro atoms. The molecule has 19 heavy (non-hydrogen) atoms. The van der Waals surface area contributed by atoms with Gasteiger partial charge in [-0.25, -0.2) is 0 Å². The van der Waals surface area contributed by atoms with Crippen molar-refractivity contribution in [2.24, 2.45) is 0 Å². The van der Waals surface area contributed by atoms with E-state index in [2.05, 4.69) is 54.8 Å². The van der Waals surface area contributed by atoms with E-state index in [0.29, 0.717) is 16.5 Å². The summed E-state index contributed by atoms with van der Waals surface area (Å²) in [6.07, 6.45) is 1.17. The second-order valence-electron chi connectivity index (χ2n) is 4.89. The maximum Gasteiger partial charge on any atom is 0.0451 e. The summed E-state index contributed by atoms with van der Waals surface area (Å²) in [6, 6.07) is 8.78. The Bertz CT molecular complexity index is 382. The fourth-order valence-electron chi connectivity index (χ4n) is 2.41. The maximum atomic E-state index is 6.01. The quantitative estimate of drug-likeness (QED) is 0.851. The molecule has 0 aromatic heterocycles. The van der Waals surface area contributed by atoms with Crippen molar-refractivity contribution in [3.8, 4) is 0 Å². The number of nitrogens with one attached hydrogen (secondary N) is 1. The standard InChI is InChI=1S/C15H22ClNS2/c1-3-8-17-14(12-4-6-13(16)7-5-12)15-11(2)18-9-10-19-15/h4-7,11,14-15,17H,3,8-10H2,1-2H3. The minimum absolute atomic E-state index is 0.435. The molecule has 3 atom stereocenters. The summed E-state index contributed by atoms with van der Waals surface area (Å²) in [5, 5.41) is 5.89. The largest absolute Gasteiger partial charge is 0.309 e. The van der Waals surface area contributed by atoms with E-state index in [0.717, 1.165) is 11.6 Å². The van der Waals surface area contributed by atoms with Crippen LogP contribution in [0.15, 0.2) is 24.3 Å². The molecule has 0 aliphatic carbocycles. The first-order valence-corrected chi connectivity index (χ1v) is 9.42. The van der Waals surface area contributed by atoms with E-state index in [1.54, 1.807) is 0 Å². The van der Waals surface area contributed by atoms with Crippen LogP contribution in [0.4, 0.5) is 0 Å². The van der Waals surface area contributed by atoms with Crippen LogP contribution in [-0.4, -0.2) is 28.6 Å². The van der Waals surface area contributed by atoms with Crippen LogP contribution in [0.1, 0.15) is 31.9 Å². The molecule has 1 aromatic carbocycles. The van der Waals surface area contributed by atoms with Gasteiger partial charge in [0.05, 0.1) is 0 Å². The van der Waals surface area contributed by atoms with Gasteiger partial charge in [-0.2, -0.15) is 23.5 Å². The Morgan fingerprint density at radius 2 is 1.95 bits per heavy atom. The third-order valence-corrected chi connectivity index (χ3v) is 6.86. The maximum absolute atomic E-state index is 6.01. The SMILES string of the molecule is CCCNC(c1ccc(Cl)cc1)C1SCCSC1C. The van der Waals surface area contributed by atoms with Crippen molar-refractivity contribution < 1.29 is 0 Å². The molecule has 4 heteroatoms. The van der Waals surface area contributed by atoms with Crippen molar-refractivity contribution in [3.63, 3.8) is 0 Å². The average Bonchev–Trinajstić information content (AvgIpc) is 2.43. The summed E-state index contributed by atoms with van der Waals surface area (Å²) in [4.78, 5) is 0. The van der Waals surface area contributed by atoms with Crippen molar-refractivity contribution in [1.82, 2.24) is 5.32 Å². The third-order valence-electron chi connectivity index (χ3n) is 3.41. The van der Waals surface area contributed by atoms with E-state index in [-0.39, 0.29) is 0 Å². The highest BCUT2D eigenvalue weighted by Crippen LogP contribution is 2.38. The molecule has 1 aliphatic rings. The molecule has 0 amide bonds. The normalized spacial score (nSPS) is 25.2. The molecule has 0 saturated carbocycles. The Kier molecular flexibility index (Phi) is 6.40. The van der Waals surface area contributed by atoms with Crippen LogP contribution in [0.25, 0.3) is 0 Å². The van der Waals surface area contributed by atoms with Crippen molar-refractivity contribution in [3.05, 3.63) is 34.9 Å². The van der Waals surface area contributed by atoms with Crippen molar-refractivity contribution in [2.45, 2.75) is 36.8 Å². The first-order valence-electron chi connectivity index (χ1n) is 6.94. The summed E-state index contributed by atoms with van der Waals surface area (Å²) in [7, 11) is 0. The van der Waals surface area contributed by atoms with Crippen LogP contribution < -0.4 is 5.32 Å². The highest BCUT2D eigenvalue weighted by atomic mass is 35.5. The van der Waals surface area contributed by atoms with E-state index in [4.69, 9.17) is 11.6 Å². The highest BCUT2D eigenvalue weighted by molar-refractivity contribution is 8.07. The molecular formula is C15H22ClNS2. The van der Waals surface area contributed by atoms with E-state index in [1.807, 2.05) is 12.1 Å². The first-order chi connectivity index (χ1) is 9.22. The summed E-state index contributed by atoms with van der Waals surface area (Å²) < 4.78 is 0. The van der Waals surface area contributed by atoms with Gasteiger partial charge in [-0.3, -0.25) is 0 Å². The van der Waals surface area contributed by atoms with E-state index in [1.165, 1.54) is 23.5 Å². The predicted octanol–water partition coefficient (Wildman–Crippen LogP) is 4.62. The van der Waals surface area contributed by atoms with Crippen molar-refractivity contribution in [1.29, 1.82) is 0 Å². The fourth-order valence-corrected chi connectivity index (χ4v) is 5.48. The van der Waals surface area contributed by atoms with Gasteiger partial charge >= 0.3 is 0 Å². The number of halogens is 1. The second-order valence-corrected chi connectivity index (χ2v) is 8.10. The minimum atomic E-state index is 0.435. The monoisotopic (exact) mass is 315 g/mol. The number of rotatable bonds is 5. The number of hydrogen-bond donors (Lipinski definition) is 1. The molecule has 2 rings (SSSR count). The molecule has 1 saturated heterocycles. The second kappa shape index (κ2) is 7.82. The zero-order chi connectivity index (χ0) is 13.7. The Morgan fingerprint density at radius 3 is 2.58 bits per heavy atom. The van der Waals surface area contributed by atoms with Gasteiger partial charge in [0.25, 0.3) is 0 Å². The molecule has 3 unspecified atom stereocenters. The molecule has 1 heterocycles. The van der Waals surface area contributed by atoms with Gasteiger partial charge in [-0.1, -0.05) is 37.6 Å². The van der Waals surface area contributed by atoms with Gasteiger partial charge in [0, 0.05) is 33.1 Å². The van der Waals surface area contributed by atoms with Gasteiger partial charge in [0.2, 0.25) is 0 Å². The molecule has 0 radical (unpaired) electrons. The zero-order valence-electron chi connectivity index (χ0n) is 11.6. The molecular weight excluding hydrogens is 294 g/mol. The van der Waals surface area contributed by atoms with Crippen LogP contribution >= 0.6 is 35.1 Å². The topological polar surface area (TPSA) is 12.0 Å². The van der Waals surface area contributed by atoms with Crippen LogP contribution in [-0.2, 0) is 0 Å². The lowest BCUT2D eigenvalue weighted by molar-refractivity contribution is 0.509. The molecule has 1 aromatic rings. The summed E-state index contributed by atoms with van der Waals surface area (Å²) in [5.41, 5.74) is 1.37. The van der Waals surface area contributed by atoms with Crippen molar-refractivity contribution >= 4 is 35.1 Å². The Labute approximate surface area is 130 Å². The van der Waals surface area contributed by atoms with Gasteiger partial charge in [0.15, 0.2) is 0 Å². The zero-order valence-corrected chi connectivity index (χ0v) is 14.0. The fraction of sp³-hybridized carbons (Fsp3) is 0.600. The smallest absolute Gasteiger partial charge is 0.0451 e. The molecule has 1 N–H and O–H groups in total. The molecule has 106 valence electrons. The highest BCUT2D eigenvalue weighted by Gasteiger charge is 2.30. The van der Waals surface area contributed by atoms with Gasteiger partial charge in [-0.05, 0) is 30.7 Å². The van der Waals surface area contributed by atoms with Crippen molar-refractivity contribution in [2.75, 3.05) is 18.1 Å². The lowest BCUT2D eigenvalue weighted by Crippen LogP contribution is -2.38. The molecule has 0 bridgehead atoms. The molecule has 1 nitrogen and oxygen atoms in total. The summed E-state index contributed by atoms with van der Waals surface area (Å²) in [6.45, 7) is 5.65. The van der Waals surface area contributed by atoms with E-state index in [9.17, 15) is 0 Å². The molecule has 1 fully saturated rings. The van der Waals surface area contributed by atoms with Crippen LogP contribution in [0.2, 0.25) is 5.02 Å². The van der Waals surface area contributed by atoms with Gasteiger partial charge < -0.3 is 5.32 Å². The van der Waals surface area contributed by atoms with E-state index < -0.39 is 0 Å². The third kappa shape index (κ3) is 4.32. The summed E-state index contributed by atoms with van der Waals surface area (Å²) >= 11 is 10.2. The van der Waals surface area contributed by atoms with E-state index >= 15 is 0 Å². The first kappa shape index (κ1) is 15.6. The van der Waals surface area contributed by atoms with Crippen LogP contribution in [0, 0.1) is 0 Å². The lowest BCUT2D eigenvalue weighted by Gasteiger charge is -2.35. The average molecular weight is 316 g/mol. The Balaban J connectivity index is 2.16. The van der Waals surface area contributed by atoms with Gasteiger partial charge in [0.1, 0.15) is 0 Å². The minimum Gasteiger partial charge on any atom is -0.309 e. The summed E-state index contributed by atoms with van der Waals surface area (Å²) in [5.74, 6) is 2.54. The predicted molar refractivity (Wildman–Crippen MR) is 90.7 cm³/mol. The van der Waals surface area contributed by atoms with Crippen LogP contribution in [0.3, 0.4) is 0 Å². The Hall–Kier alpha value is 0.170. The molecule has 1 aliphatic heterocycles. The number of benzene rings is 1. The van der Waals surface area contributed by atoms with Crippen LogP contribution in [0.5, 0.6) is 0 Å². The lowest BCUT2D eigenvalue weighted by atomic mass is 10.0.